The summed E-state index contributed by atoms with van der Waals surface area (Å²) in [5.74, 6) is 1.12. The molecular weight excluding hydrogens is 502 g/mol. The first kappa shape index (κ1) is 25.4. The van der Waals surface area contributed by atoms with E-state index in [1.54, 1.807) is 53.4 Å². The summed E-state index contributed by atoms with van der Waals surface area (Å²) in [4.78, 5) is 42.7. The fraction of sp³-hybridized carbons (Fsp3) is 0.182. The zero-order valence-electron chi connectivity index (χ0n) is 22.0. The lowest BCUT2D eigenvalue weighted by atomic mass is 9.86. The summed E-state index contributed by atoms with van der Waals surface area (Å²) in [7, 11) is 0. The molecule has 7 heteroatoms. The highest BCUT2D eigenvalue weighted by atomic mass is 16.5. The summed E-state index contributed by atoms with van der Waals surface area (Å²) < 4.78 is 5.85. The summed E-state index contributed by atoms with van der Waals surface area (Å²) in [6.45, 7) is 1.71. The third-order valence-corrected chi connectivity index (χ3v) is 7.61. The summed E-state index contributed by atoms with van der Waals surface area (Å²) in [6.07, 6.45) is 1.79. The topological polar surface area (TPSA) is 79.0 Å². The van der Waals surface area contributed by atoms with Crippen LogP contribution in [0.4, 0.5) is 5.69 Å². The number of hydrogen-bond donors (Lipinski definition) is 1. The van der Waals surface area contributed by atoms with Gasteiger partial charge in [0, 0.05) is 42.0 Å². The lowest BCUT2D eigenvalue weighted by Gasteiger charge is -2.52. The van der Waals surface area contributed by atoms with Gasteiger partial charge in [-0.2, -0.15) is 0 Å². The zero-order valence-corrected chi connectivity index (χ0v) is 22.0. The minimum absolute atomic E-state index is 0.0191. The minimum atomic E-state index is -0.324. The Bertz CT molecular complexity index is 1510. The molecule has 40 heavy (non-hydrogen) atoms. The highest BCUT2D eigenvalue weighted by Crippen LogP contribution is 2.39. The predicted octanol–water partition coefficient (Wildman–Crippen LogP) is 5.86. The van der Waals surface area contributed by atoms with Crippen molar-refractivity contribution in [2.75, 3.05) is 25.0 Å². The van der Waals surface area contributed by atoms with E-state index in [1.807, 2.05) is 65.6 Å². The van der Waals surface area contributed by atoms with E-state index < -0.39 is 0 Å². The lowest BCUT2D eigenvalue weighted by molar-refractivity contribution is -0.0116. The third kappa shape index (κ3) is 5.06. The van der Waals surface area contributed by atoms with E-state index in [4.69, 9.17) is 4.74 Å². The molecule has 0 aromatic heterocycles. The van der Waals surface area contributed by atoms with Gasteiger partial charge >= 0.3 is 0 Å². The zero-order chi connectivity index (χ0) is 27.5. The van der Waals surface area contributed by atoms with Crippen molar-refractivity contribution in [2.45, 2.75) is 18.4 Å². The van der Waals surface area contributed by atoms with Crippen molar-refractivity contribution in [1.82, 2.24) is 9.80 Å². The average molecular weight is 532 g/mol. The number of carbonyl (C=O) groups excluding carboxylic acids is 3. The molecule has 2 heterocycles. The third-order valence-electron chi connectivity index (χ3n) is 7.61. The fourth-order valence-electron chi connectivity index (χ4n) is 5.51. The largest absolute Gasteiger partial charge is 0.457 e. The molecule has 3 amide bonds. The van der Waals surface area contributed by atoms with Gasteiger partial charge in [0.2, 0.25) is 0 Å². The number of carbonyl (C=O) groups is 3. The summed E-state index contributed by atoms with van der Waals surface area (Å²) in [5.41, 5.74) is 2.03. The normalized spacial score (nSPS) is 15.4. The lowest BCUT2D eigenvalue weighted by Crippen LogP contribution is -2.69. The van der Waals surface area contributed by atoms with Crippen LogP contribution in [0.2, 0.25) is 0 Å². The number of nitrogens with zero attached hydrogens (tertiary/aromatic N) is 2. The number of hydrogen-bond acceptors (Lipinski definition) is 4. The predicted molar refractivity (Wildman–Crippen MR) is 153 cm³/mol. The first-order valence-corrected chi connectivity index (χ1v) is 13.4. The number of likely N-dealkylation sites (tertiary alicyclic amines) is 2. The second-order valence-electron chi connectivity index (χ2n) is 10.3. The van der Waals surface area contributed by atoms with Crippen molar-refractivity contribution in [2.24, 2.45) is 0 Å². The molecule has 2 aliphatic rings. The molecule has 7 nitrogen and oxygen atoms in total. The molecule has 2 aliphatic heterocycles. The Morgan fingerprint density at radius 2 is 1.23 bits per heavy atom. The SMILES string of the molecule is O=C(Nc1ccc(C(=O)N2CC3(CCCN3C(=O)c3ccc(Oc4ccccc4)cc3)C2)cc1)c1ccccc1. The van der Waals surface area contributed by atoms with Crippen molar-refractivity contribution in [3.63, 3.8) is 0 Å². The summed E-state index contributed by atoms with van der Waals surface area (Å²) in [6, 6.07) is 32.6. The molecule has 2 fully saturated rings. The smallest absolute Gasteiger partial charge is 0.255 e. The Kier molecular flexibility index (Phi) is 6.78. The van der Waals surface area contributed by atoms with Crippen molar-refractivity contribution in [3.05, 3.63) is 126 Å². The molecule has 0 saturated carbocycles. The Hall–Kier alpha value is -4.91. The number of nitrogens with one attached hydrogen (secondary N) is 1. The molecule has 0 bridgehead atoms. The van der Waals surface area contributed by atoms with Gasteiger partial charge < -0.3 is 19.9 Å². The highest BCUT2D eigenvalue weighted by Gasteiger charge is 2.53. The van der Waals surface area contributed by atoms with Gasteiger partial charge in [-0.1, -0.05) is 36.4 Å². The van der Waals surface area contributed by atoms with Crippen LogP contribution < -0.4 is 10.1 Å². The molecule has 200 valence electrons. The van der Waals surface area contributed by atoms with E-state index in [2.05, 4.69) is 5.32 Å². The van der Waals surface area contributed by atoms with E-state index in [9.17, 15) is 14.4 Å². The minimum Gasteiger partial charge on any atom is -0.457 e. The quantitative estimate of drug-likeness (QED) is 0.338. The molecular formula is C33H29N3O4. The maximum atomic E-state index is 13.4. The summed E-state index contributed by atoms with van der Waals surface area (Å²) in [5, 5.41) is 2.85. The van der Waals surface area contributed by atoms with E-state index in [-0.39, 0.29) is 23.3 Å². The van der Waals surface area contributed by atoms with Crippen LogP contribution in [0.5, 0.6) is 11.5 Å². The van der Waals surface area contributed by atoms with Gasteiger partial charge in [0.15, 0.2) is 0 Å². The maximum Gasteiger partial charge on any atom is 0.255 e. The van der Waals surface area contributed by atoms with Crippen molar-refractivity contribution < 1.29 is 19.1 Å². The maximum absolute atomic E-state index is 13.4. The molecule has 6 rings (SSSR count). The Labute approximate surface area is 233 Å². The van der Waals surface area contributed by atoms with Crippen LogP contribution in [0.25, 0.3) is 0 Å². The molecule has 1 spiro atoms. The van der Waals surface area contributed by atoms with E-state index >= 15 is 0 Å². The molecule has 4 aromatic carbocycles. The van der Waals surface area contributed by atoms with Crippen LogP contribution >= 0.6 is 0 Å². The standard InChI is InChI=1S/C33H29N3O4/c37-30(24-8-3-1-4-9-24)34-27-16-12-25(13-17-27)31(38)35-22-33(23-35)20-7-21-36(33)32(39)26-14-18-29(19-15-26)40-28-10-5-2-6-11-28/h1-6,8-19H,7,20-23H2,(H,34,37). The van der Waals surface area contributed by atoms with E-state index in [0.29, 0.717) is 47.8 Å². The van der Waals surface area contributed by atoms with Gasteiger partial charge in [-0.3, -0.25) is 14.4 Å². The number of benzene rings is 4. The van der Waals surface area contributed by atoms with Crippen LogP contribution in [-0.4, -0.2) is 52.7 Å². The van der Waals surface area contributed by atoms with Crippen LogP contribution in [0, 0.1) is 0 Å². The van der Waals surface area contributed by atoms with Gasteiger partial charge in [0.1, 0.15) is 11.5 Å². The van der Waals surface area contributed by atoms with Gasteiger partial charge in [-0.05, 0) is 85.6 Å². The van der Waals surface area contributed by atoms with Gasteiger partial charge in [0.25, 0.3) is 17.7 Å². The monoisotopic (exact) mass is 531 g/mol. The number of amides is 3. The second-order valence-corrected chi connectivity index (χ2v) is 10.3. The van der Waals surface area contributed by atoms with Crippen LogP contribution in [0.15, 0.2) is 109 Å². The first-order valence-electron chi connectivity index (χ1n) is 13.4. The Morgan fingerprint density at radius 3 is 1.90 bits per heavy atom. The van der Waals surface area contributed by atoms with Crippen molar-refractivity contribution >= 4 is 23.4 Å². The van der Waals surface area contributed by atoms with Crippen LogP contribution in [-0.2, 0) is 0 Å². The van der Waals surface area contributed by atoms with Gasteiger partial charge in [-0.25, -0.2) is 0 Å². The molecule has 0 aliphatic carbocycles. The van der Waals surface area contributed by atoms with Gasteiger partial charge in [-0.15, -0.1) is 0 Å². The van der Waals surface area contributed by atoms with Crippen molar-refractivity contribution in [1.29, 1.82) is 0 Å². The molecule has 0 unspecified atom stereocenters. The number of para-hydroxylation sites is 1. The highest BCUT2D eigenvalue weighted by molar-refractivity contribution is 6.04. The molecule has 0 radical (unpaired) electrons. The van der Waals surface area contributed by atoms with Crippen molar-refractivity contribution in [3.8, 4) is 11.5 Å². The molecule has 0 atom stereocenters. The molecule has 2 saturated heterocycles. The Balaban J connectivity index is 1.06. The average Bonchev–Trinajstić information content (AvgIpc) is 3.43. The molecule has 4 aromatic rings. The Morgan fingerprint density at radius 1 is 0.650 bits per heavy atom. The molecule has 1 N–H and O–H groups in total. The number of anilines is 1. The summed E-state index contributed by atoms with van der Waals surface area (Å²) >= 11 is 0. The first-order chi connectivity index (χ1) is 19.5. The fourth-order valence-corrected chi connectivity index (χ4v) is 5.51. The van der Waals surface area contributed by atoms with Crippen LogP contribution in [0.3, 0.4) is 0 Å². The van der Waals surface area contributed by atoms with E-state index in [1.165, 1.54) is 0 Å². The van der Waals surface area contributed by atoms with Crippen LogP contribution in [0.1, 0.15) is 43.9 Å². The second kappa shape index (κ2) is 10.7. The van der Waals surface area contributed by atoms with Gasteiger partial charge in [0.05, 0.1) is 5.54 Å². The number of rotatable bonds is 6. The van der Waals surface area contributed by atoms with E-state index in [0.717, 1.165) is 18.6 Å². The number of ether oxygens (including phenoxy) is 1.